The van der Waals surface area contributed by atoms with E-state index in [1.165, 1.54) is 0 Å². The Bertz CT molecular complexity index is 843. The Morgan fingerprint density at radius 2 is 1.88 bits per heavy atom. The first kappa shape index (κ1) is 18.0. The molecule has 0 atom stereocenters. The molecule has 3 N–H and O–H groups in total. The first-order valence-corrected chi connectivity index (χ1v) is 8.20. The average Bonchev–Trinajstić information content (AvgIpc) is 2.56. The van der Waals surface area contributed by atoms with Crippen molar-refractivity contribution in [3.8, 4) is 0 Å². The zero-order valence-electron chi connectivity index (χ0n) is 13.8. The standard InChI is InChI=1S/C18H18F3N3O2/c19-18(20,21)13-9-14(15(25)22-10-13)24-16(26)23-11-17(7-4-8-17)12-5-2-1-3-6-12/h1-3,5-6,9-10H,4,7-8,11H2,(H,22,25)(H2,23,24,26). The van der Waals surface area contributed by atoms with Crippen molar-refractivity contribution in [2.24, 2.45) is 0 Å². The lowest BCUT2D eigenvalue weighted by Crippen LogP contribution is -2.46. The lowest BCUT2D eigenvalue weighted by atomic mass is 9.64. The van der Waals surface area contributed by atoms with Gasteiger partial charge >= 0.3 is 12.2 Å². The van der Waals surface area contributed by atoms with Gasteiger partial charge < -0.3 is 15.6 Å². The zero-order chi connectivity index (χ0) is 18.8. The van der Waals surface area contributed by atoms with Crippen molar-refractivity contribution >= 4 is 11.7 Å². The number of alkyl halides is 3. The van der Waals surface area contributed by atoms with Crippen molar-refractivity contribution in [1.82, 2.24) is 10.3 Å². The summed E-state index contributed by atoms with van der Waals surface area (Å²) in [6, 6.07) is 9.67. The van der Waals surface area contributed by atoms with Crippen LogP contribution in [0, 0.1) is 0 Å². The number of rotatable bonds is 4. The fraction of sp³-hybridized carbons (Fsp3) is 0.333. The fourth-order valence-corrected chi connectivity index (χ4v) is 3.12. The normalized spacial score (nSPS) is 15.8. The summed E-state index contributed by atoms with van der Waals surface area (Å²) in [7, 11) is 0. The quantitative estimate of drug-likeness (QED) is 0.774. The molecule has 0 bridgehead atoms. The minimum Gasteiger partial charge on any atom is -0.337 e. The van der Waals surface area contributed by atoms with Gasteiger partial charge in [-0.3, -0.25) is 4.79 Å². The summed E-state index contributed by atoms with van der Waals surface area (Å²) in [5.74, 6) is 0. The number of aromatic amines is 1. The summed E-state index contributed by atoms with van der Waals surface area (Å²) in [6.07, 6.45) is -1.15. The van der Waals surface area contributed by atoms with E-state index in [9.17, 15) is 22.8 Å². The summed E-state index contributed by atoms with van der Waals surface area (Å²) in [4.78, 5) is 25.7. The molecule has 8 heteroatoms. The maximum Gasteiger partial charge on any atom is 0.417 e. The first-order valence-electron chi connectivity index (χ1n) is 8.20. The van der Waals surface area contributed by atoms with Gasteiger partial charge in [-0.2, -0.15) is 13.2 Å². The van der Waals surface area contributed by atoms with Gasteiger partial charge in [-0.05, 0) is 24.5 Å². The Morgan fingerprint density at radius 3 is 2.46 bits per heavy atom. The van der Waals surface area contributed by atoms with Crippen molar-refractivity contribution in [1.29, 1.82) is 0 Å². The van der Waals surface area contributed by atoms with Crippen molar-refractivity contribution in [3.05, 3.63) is 64.1 Å². The van der Waals surface area contributed by atoms with E-state index in [1.807, 2.05) is 35.3 Å². The second-order valence-corrected chi connectivity index (χ2v) is 6.44. The van der Waals surface area contributed by atoms with E-state index in [4.69, 9.17) is 0 Å². The lowest BCUT2D eigenvalue weighted by Gasteiger charge is -2.42. The number of benzene rings is 1. The average molecular weight is 365 g/mol. The van der Waals surface area contributed by atoms with Crippen LogP contribution in [0.4, 0.5) is 23.7 Å². The van der Waals surface area contributed by atoms with Crippen LogP contribution in [-0.4, -0.2) is 17.6 Å². The van der Waals surface area contributed by atoms with Crippen molar-refractivity contribution in [3.63, 3.8) is 0 Å². The number of anilines is 1. The summed E-state index contributed by atoms with van der Waals surface area (Å²) in [5, 5.41) is 4.87. The van der Waals surface area contributed by atoms with Gasteiger partial charge in [0.2, 0.25) is 0 Å². The van der Waals surface area contributed by atoms with Crippen LogP contribution in [0.1, 0.15) is 30.4 Å². The Morgan fingerprint density at radius 1 is 1.19 bits per heavy atom. The number of carbonyl (C=O) groups excluding carboxylic acids is 1. The highest BCUT2D eigenvalue weighted by Gasteiger charge is 2.38. The highest BCUT2D eigenvalue weighted by Crippen LogP contribution is 2.43. The maximum absolute atomic E-state index is 12.7. The van der Waals surface area contributed by atoms with Crippen LogP contribution in [0.3, 0.4) is 0 Å². The predicted octanol–water partition coefficient (Wildman–Crippen LogP) is 3.64. The van der Waals surface area contributed by atoms with E-state index in [-0.39, 0.29) is 5.41 Å². The number of urea groups is 1. The molecule has 1 saturated carbocycles. The van der Waals surface area contributed by atoms with Gasteiger partial charge in [-0.1, -0.05) is 36.8 Å². The van der Waals surface area contributed by atoms with Gasteiger partial charge in [0.15, 0.2) is 0 Å². The van der Waals surface area contributed by atoms with Crippen molar-refractivity contribution in [2.45, 2.75) is 30.9 Å². The molecule has 0 spiro atoms. The van der Waals surface area contributed by atoms with Crippen molar-refractivity contribution in [2.75, 3.05) is 11.9 Å². The molecule has 0 unspecified atom stereocenters. The molecule has 1 aliphatic carbocycles. The smallest absolute Gasteiger partial charge is 0.337 e. The van der Waals surface area contributed by atoms with E-state index in [0.29, 0.717) is 18.8 Å². The molecular formula is C18H18F3N3O2. The fourth-order valence-electron chi connectivity index (χ4n) is 3.12. The first-order chi connectivity index (χ1) is 12.3. The van der Waals surface area contributed by atoms with E-state index < -0.39 is 29.0 Å². The summed E-state index contributed by atoms with van der Waals surface area (Å²) < 4.78 is 38.2. The number of H-pyrrole nitrogens is 1. The summed E-state index contributed by atoms with van der Waals surface area (Å²) in [6.45, 7) is 0.347. The Balaban J connectivity index is 1.67. The molecule has 1 fully saturated rings. The van der Waals surface area contributed by atoms with Crippen LogP contribution in [0.25, 0.3) is 0 Å². The highest BCUT2D eigenvalue weighted by molar-refractivity contribution is 5.89. The number of halogens is 3. The molecule has 2 aromatic rings. The molecule has 1 aliphatic rings. The minimum atomic E-state index is -4.61. The van der Waals surface area contributed by atoms with Crippen LogP contribution >= 0.6 is 0 Å². The zero-order valence-corrected chi connectivity index (χ0v) is 13.8. The van der Waals surface area contributed by atoms with Crippen LogP contribution in [0.5, 0.6) is 0 Å². The van der Waals surface area contributed by atoms with E-state index in [0.717, 1.165) is 24.8 Å². The number of carbonyl (C=O) groups is 1. The Kier molecular flexibility index (Phi) is 4.76. The number of nitrogens with one attached hydrogen (secondary N) is 3. The van der Waals surface area contributed by atoms with E-state index in [1.54, 1.807) is 0 Å². The topological polar surface area (TPSA) is 74.0 Å². The molecule has 138 valence electrons. The number of pyridine rings is 1. The molecule has 0 aliphatic heterocycles. The third-order valence-corrected chi connectivity index (χ3v) is 4.76. The van der Waals surface area contributed by atoms with E-state index >= 15 is 0 Å². The molecule has 1 aromatic carbocycles. The third kappa shape index (κ3) is 3.74. The highest BCUT2D eigenvalue weighted by atomic mass is 19.4. The van der Waals surface area contributed by atoms with Crippen LogP contribution in [0.2, 0.25) is 0 Å². The van der Waals surface area contributed by atoms with Gasteiger partial charge in [0.05, 0.1) is 5.56 Å². The van der Waals surface area contributed by atoms with Crippen molar-refractivity contribution < 1.29 is 18.0 Å². The summed E-state index contributed by atoms with van der Waals surface area (Å²) in [5.41, 5.74) is -1.33. The molecule has 1 aromatic heterocycles. The predicted molar refractivity (Wildman–Crippen MR) is 91.1 cm³/mol. The molecule has 0 saturated heterocycles. The molecule has 5 nitrogen and oxygen atoms in total. The second-order valence-electron chi connectivity index (χ2n) is 6.44. The van der Waals surface area contributed by atoms with Gasteiger partial charge in [-0.25, -0.2) is 4.79 Å². The Hall–Kier alpha value is -2.77. The van der Waals surface area contributed by atoms with Gasteiger partial charge in [0, 0.05) is 18.2 Å². The second kappa shape index (κ2) is 6.86. The summed E-state index contributed by atoms with van der Waals surface area (Å²) >= 11 is 0. The number of amides is 2. The number of aromatic nitrogens is 1. The number of hydrogen-bond acceptors (Lipinski definition) is 2. The molecule has 1 heterocycles. The van der Waals surface area contributed by atoms with Gasteiger partial charge in [0.25, 0.3) is 5.56 Å². The van der Waals surface area contributed by atoms with Gasteiger partial charge in [0.1, 0.15) is 5.69 Å². The maximum atomic E-state index is 12.7. The molecule has 3 rings (SSSR count). The molecule has 2 amide bonds. The molecular weight excluding hydrogens is 347 g/mol. The van der Waals surface area contributed by atoms with Crippen LogP contribution < -0.4 is 16.2 Å². The number of hydrogen-bond donors (Lipinski definition) is 3. The third-order valence-electron chi connectivity index (χ3n) is 4.76. The molecule has 0 radical (unpaired) electrons. The monoisotopic (exact) mass is 365 g/mol. The largest absolute Gasteiger partial charge is 0.417 e. The SMILES string of the molecule is O=C(NCC1(c2ccccc2)CCC1)Nc1cc(C(F)(F)F)c[nH]c1=O. The van der Waals surface area contributed by atoms with E-state index in [2.05, 4.69) is 10.6 Å². The van der Waals surface area contributed by atoms with Crippen LogP contribution in [-0.2, 0) is 11.6 Å². The molecule has 26 heavy (non-hydrogen) atoms. The lowest BCUT2D eigenvalue weighted by molar-refractivity contribution is -0.137. The Labute approximate surface area is 147 Å². The van der Waals surface area contributed by atoms with Crippen LogP contribution in [0.15, 0.2) is 47.4 Å². The van der Waals surface area contributed by atoms with Gasteiger partial charge in [-0.15, -0.1) is 0 Å². The minimum absolute atomic E-state index is 0.168.